The second-order valence-electron chi connectivity index (χ2n) is 3.57. The summed E-state index contributed by atoms with van der Waals surface area (Å²) in [6.45, 7) is 1.14. The van der Waals surface area contributed by atoms with Crippen LogP contribution in [-0.4, -0.2) is 15.3 Å². The molecule has 0 aliphatic rings. The fourth-order valence-corrected chi connectivity index (χ4v) is 1.57. The number of aromatic nitrogens is 2. The number of hydrogen-bond acceptors (Lipinski definition) is 3. The van der Waals surface area contributed by atoms with Gasteiger partial charge in [0.05, 0.1) is 17.4 Å². The van der Waals surface area contributed by atoms with Gasteiger partial charge in [-0.1, -0.05) is 12.1 Å². The Morgan fingerprint density at radius 3 is 2.69 bits per heavy atom. The van der Waals surface area contributed by atoms with Crippen LogP contribution in [0.15, 0.2) is 33.9 Å². The minimum atomic E-state index is -0.557. The molecule has 0 fully saturated rings. The van der Waals surface area contributed by atoms with E-state index in [-0.39, 0.29) is 12.3 Å². The zero-order chi connectivity index (χ0) is 11.7. The van der Waals surface area contributed by atoms with E-state index in [4.69, 9.17) is 0 Å². The van der Waals surface area contributed by atoms with Gasteiger partial charge in [0.15, 0.2) is 0 Å². The molecular weight excluding hydrogens is 208 g/mol. The van der Waals surface area contributed by atoms with Gasteiger partial charge in [-0.25, -0.2) is 4.79 Å². The normalized spacial score (nSPS) is 10.6. The van der Waals surface area contributed by atoms with Crippen LogP contribution in [0.2, 0.25) is 0 Å². The number of hydrogen-bond donors (Lipinski definition) is 1. The van der Waals surface area contributed by atoms with E-state index in [1.807, 2.05) is 0 Å². The average molecular weight is 218 g/mol. The molecular formula is C11H10N2O3. The lowest BCUT2D eigenvalue weighted by molar-refractivity contribution is -0.117. The van der Waals surface area contributed by atoms with Gasteiger partial charge in [0.2, 0.25) is 0 Å². The van der Waals surface area contributed by atoms with Crippen molar-refractivity contribution in [1.82, 2.24) is 9.55 Å². The van der Waals surface area contributed by atoms with Crippen molar-refractivity contribution in [2.45, 2.75) is 13.5 Å². The number of ketones is 1. The highest BCUT2D eigenvalue weighted by molar-refractivity contribution is 5.78. The number of carbonyl (C=O) groups is 1. The lowest BCUT2D eigenvalue weighted by atomic mass is 10.2. The second-order valence-corrected chi connectivity index (χ2v) is 3.57. The maximum absolute atomic E-state index is 11.9. The van der Waals surface area contributed by atoms with Gasteiger partial charge in [-0.15, -0.1) is 0 Å². The molecule has 0 amide bonds. The maximum Gasteiger partial charge on any atom is 0.329 e. The molecule has 0 bridgehead atoms. The zero-order valence-corrected chi connectivity index (χ0v) is 8.69. The summed E-state index contributed by atoms with van der Waals surface area (Å²) in [5.74, 6) is -0.233. The molecule has 0 saturated carbocycles. The van der Waals surface area contributed by atoms with Crippen molar-refractivity contribution >= 4 is 16.7 Å². The smallest absolute Gasteiger partial charge is 0.307 e. The number of Topliss-reactive ketones (excluding diaryl/α,β-unsaturated/α-hetero) is 1. The predicted molar refractivity (Wildman–Crippen MR) is 59.5 cm³/mol. The van der Waals surface area contributed by atoms with E-state index in [9.17, 15) is 14.4 Å². The fraction of sp³-hybridized carbons (Fsp3) is 0.182. The monoisotopic (exact) mass is 218 g/mol. The lowest BCUT2D eigenvalue weighted by Gasteiger charge is -2.03. The number of carbonyl (C=O) groups excluding carboxylic acids is 1. The quantitative estimate of drug-likeness (QED) is 0.786. The number of nitrogens with one attached hydrogen (secondary N) is 1. The number of aromatic amines is 1. The number of para-hydroxylation sites is 1. The fourth-order valence-electron chi connectivity index (χ4n) is 1.57. The minimum Gasteiger partial charge on any atom is -0.307 e. The number of rotatable bonds is 2. The van der Waals surface area contributed by atoms with Crippen molar-refractivity contribution in [3.8, 4) is 0 Å². The summed E-state index contributed by atoms with van der Waals surface area (Å²) < 4.78 is 0.907. The second kappa shape index (κ2) is 3.77. The van der Waals surface area contributed by atoms with Gasteiger partial charge in [0, 0.05) is 0 Å². The summed E-state index contributed by atoms with van der Waals surface area (Å²) >= 11 is 0. The Bertz CT molecular complexity index is 667. The molecule has 0 saturated heterocycles. The molecule has 0 aliphatic carbocycles. The van der Waals surface area contributed by atoms with Crippen LogP contribution in [0.1, 0.15) is 6.92 Å². The summed E-state index contributed by atoms with van der Waals surface area (Å²) in [6, 6.07) is 6.70. The van der Waals surface area contributed by atoms with Crippen LogP contribution in [0.25, 0.3) is 10.9 Å². The third-order valence-electron chi connectivity index (χ3n) is 2.27. The molecule has 2 aromatic rings. The van der Waals surface area contributed by atoms with Crippen LogP contribution in [0.3, 0.4) is 0 Å². The molecule has 5 heteroatoms. The molecule has 2 rings (SSSR count). The molecule has 1 aromatic carbocycles. The standard InChI is InChI=1S/C11H10N2O3/c1-7(14)6-13-10(15)8-4-2-3-5-9(8)12-11(13)16/h2-5H,6H2,1H3,(H,12,16). The summed E-state index contributed by atoms with van der Waals surface area (Å²) in [5.41, 5.74) is -0.509. The van der Waals surface area contributed by atoms with Gasteiger partial charge in [0.25, 0.3) is 5.56 Å². The molecule has 0 atom stereocenters. The SMILES string of the molecule is CC(=O)Cn1c(=O)[nH]c2ccccc2c1=O. The third-order valence-corrected chi connectivity index (χ3v) is 2.27. The van der Waals surface area contributed by atoms with E-state index in [2.05, 4.69) is 4.98 Å². The van der Waals surface area contributed by atoms with Crippen molar-refractivity contribution in [3.05, 3.63) is 45.1 Å². The third kappa shape index (κ3) is 1.67. The summed E-state index contributed by atoms with van der Waals surface area (Å²) in [7, 11) is 0. The summed E-state index contributed by atoms with van der Waals surface area (Å²) in [4.78, 5) is 36.9. The van der Waals surface area contributed by atoms with E-state index in [1.165, 1.54) is 6.92 Å². The number of fused-ring (bicyclic) bond motifs is 1. The van der Waals surface area contributed by atoms with Crippen LogP contribution < -0.4 is 11.2 Å². The molecule has 0 radical (unpaired) electrons. The first-order valence-corrected chi connectivity index (χ1v) is 4.81. The highest BCUT2D eigenvalue weighted by atomic mass is 16.2. The Balaban J connectivity index is 2.81. The first kappa shape index (κ1) is 10.4. The Kier molecular flexibility index (Phi) is 2.44. The molecule has 0 aliphatic heterocycles. The number of benzene rings is 1. The topological polar surface area (TPSA) is 71.9 Å². The minimum absolute atomic E-state index is 0.195. The molecule has 1 heterocycles. The van der Waals surface area contributed by atoms with Gasteiger partial charge in [-0.05, 0) is 19.1 Å². The average Bonchev–Trinajstić information content (AvgIpc) is 2.24. The molecule has 16 heavy (non-hydrogen) atoms. The van der Waals surface area contributed by atoms with Crippen LogP contribution in [0.4, 0.5) is 0 Å². The lowest BCUT2D eigenvalue weighted by Crippen LogP contribution is -2.36. The van der Waals surface area contributed by atoms with E-state index in [0.29, 0.717) is 10.9 Å². The molecule has 1 aromatic heterocycles. The van der Waals surface area contributed by atoms with Gasteiger partial charge in [-0.3, -0.25) is 14.2 Å². The maximum atomic E-state index is 11.9. The first-order valence-electron chi connectivity index (χ1n) is 4.81. The largest absolute Gasteiger partial charge is 0.329 e. The Labute approximate surface area is 90.3 Å². The van der Waals surface area contributed by atoms with Crippen LogP contribution >= 0.6 is 0 Å². The van der Waals surface area contributed by atoms with Crippen LogP contribution in [-0.2, 0) is 11.3 Å². The van der Waals surface area contributed by atoms with Gasteiger partial charge in [-0.2, -0.15) is 0 Å². The van der Waals surface area contributed by atoms with Gasteiger partial charge < -0.3 is 4.98 Å². The van der Waals surface area contributed by atoms with E-state index in [0.717, 1.165) is 4.57 Å². The highest BCUT2D eigenvalue weighted by Gasteiger charge is 2.07. The van der Waals surface area contributed by atoms with Crippen molar-refractivity contribution in [3.63, 3.8) is 0 Å². The highest BCUT2D eigenvalue weighted by Crippen LogP contribution is 2.02. The number of H-pyrrole nitrogens is 1. The van der Waals surface area contributed by atoms with Crippen molar-refractivity contribution in [2.24, 2.45) is 0 Å². The Morgan fingerprint density at radius 1 is 1.31 bits per heavy atom. The van der Waals surface area contributed by atoms with Crippen LogP contribution in [0, 0.1) is 0 Å². The summed E-state index contributed by atoms with van der Waals surface area (Å²) in [5, 5.41) is 0.406. The van der Waals surface area contributed by atoms with Crippen LogP contribution in [0.5, 0.6) is 0 Å². The molecule has 0 unspecified atom stereocenters. The zero-order valence-electron chi connectivity index (χ0n) is 8.69. The molecule has 5 nitrogen and oxygen atoms in total. The Morgan fingerprint density at radius 2 is 2.00 bits per heavy atom. The molecule has 0 spiro atoms. The Hall–Kier alpha value is -2.17. The van der Waals surface area contributed by atoms with Gasteiger partial charge >= 0.3 is 5.69 Å². The molecule has 1 N–H and O–H groups in total. The number of nitrogens with zero attached hydrogens (tertiary/aromatic N) is 1. The van der Waals surface area contributed by atoms with Crippen molar-refractivity contribution in [2.75, 3.05) is 0 Å². The van der Waals surface area contributed by atoms with E-state index >= 15 is 0 Å². The summed E-state index contributed by atoms with van der Waals surface area (Å²) in [6.07, 6.45) is 0. The van der Waals surface area contributed by atoms with E-state index in [1.54, 1.807) is 24.3 Å². The van der Waals surface area contributed by atoms with E-state index < -0.39 is 11.2 Å². The van der Waals surface area contributed by atoms with Crippen molar-refractivity contribution < 1.29 is 4.79 Å². The van der Waals surface area contributed by atoms with Crippen molar-refractivity contribution in [1.29, 1.82) is 0 Å². The van der Waals surface area contributed by atoms with Gasteiger partial charge in [0.1, 0.15) is 5.78 Å². The molecule has 82 valence electrons. The first-order chi connectivity index (χ1) is 7.59. The predicted octanol–water partition coefficient (Wildman–Crippen LogP) is 0.279.